The van der Waals surface area contributed by atoms with Crippen molar-refractivity contribution < 1.29 is 5.11 Å². The third-order valence-corrected chi connectivity index (χ3v) is 3.64. The molecular formula is C17H21N3O. The number of aromatic nitrogens is 1. The topological polar surface area (TPSA) is 68.9 Å². The molecule has 2 aromatic rings. The Hall–Kier alpha value is -2.12. The van der Waals surface area contributed by atoms with Crippen LogP contribution in [0, 0.1) is 17.2 Å². The first-order chi connectivity index (χ1) is 10.3. The van der Waals surface area contributed by atoms with Gasteiger partial charge in [0, 0.05) is 18.5 Å². The van der Waals surface area contributed by atoms with Gasteiger partial charge in [0.25, 0.3) is 0 Å². The van der Waals surface area contributed by atoms with E-state index in [4.69, 9.17) is 5.11 Å². The Bertz CT molecular complexity index is 627. The number of hydrogen-bond acceptors (Lipinski definition) is 4. The van der Waals surface area contributed by atoms with E-state index < -0.39 is 0 Å². The van der Waals surface area contributed by atoms with Crippen molar-refractivity contribution in [2.24, 2.45) is 5.92 Å². The first-order valence-electron chi connectivity index (χ1n) is 7.43. The molecule has 0 fully saturated rings. The summed E-state index contributed by atoms with van der Waals surface area (Å²) >= 11 is 0. The van der Waals surface area contributed by atoms with Crippen LogP contribution in [0.3, 0.4) is 0 Å². The minimum atomic E-state index is 0.197. The van der Waals surface area contributed by atoms with Crippen molar-refractivity contribution in [2.75, 3.05) is 18.5 Å². The quantitative estimate of drug-likeness (QED) is 0.818. The normalized spacial score (nSPS) is 12.0. The van der Waals surface area contributed by atoms with E-state index in [0.717, 1.165) is 36.7 Å². The molecule has 1 aromatic carbocycles. The lowest BCUT2D eigenvalue weighted by Gasteiger charge is -2.17. The largest absolute Gasteiger partial charge is 0.396 e. The van der Waals surface area contributed by atoms with Crippen LogP contribution in [0.4, 0.5) is 5.82 Å². The van der Waals surface area contributed by atoms with Gasteiger partial charge in [0.2, 0.25) is 0 Å². The number of benzene rings is 1. The smallest absolute Gasteiger partial charge is 0.144 e. The number of para-hydroxylation sites is 1. The van der Waals surface area contributed by atoms with Gasteiger partial charge in [0.15, 0.2) is 0 Å². The summed E-state index contributed by atoms with van der Waals surface area (Å²) in [5, 5.41) is 22.6. The van der Waals surface area contributed by atoms with Gasteiger partial charge >= 0.3 is 0 Å². The number of hydrogen-bond donors (Lipinski definition) is 2. The number of nitrogens with zero attached hydrogens (tertiary/aromatic N) is 2. The standard InChI is InChI=1S/C17H21N3O/c1-2-5-13(8-9-21)12-19-17-15(11-18)10-14-6-3-4-7-16(14)20-17/h3-4,6-7,10,13,21H,2,5,8-9,12H2,1H3,(H,19,20). The van der Waals surface area contributed by atoms with E-state index in [1.54, 1.807) is 0 Å². The van der Waals surface area contributed by atoms with Gasteiger partial charge in [-0.1, -0.05) is 31.5 Å². The number of anilines is 1. The molecule has 0 saturated carbocycles. The molecule has 4 nitrogen and oxygen atoms in total. The fourth-order valence-electron chi connectivity index (χ4n) is 2.52. The van der Waals surface area contributed by atoms with Crippen LogP contribution >= 0.6 is 0 Å². The van der Waals surface area contributed by atoms with E-state index in [0.29, 0.717) is 17.3 Å². The van der Waals surface area contributed by atoms with Crippen LogP contribution in [0.15, 0.2) is 30.3 Å². The predicted octanol–water partition coefficient (Wildman–Crippen LogP) is 3.32. The van der Waals surface area contributed by atoms with Crippen molar-refractivity contribution in [1.29, 1.82) is 5.26 Å². The third kappa shape index (κ3) is 3.93. The van der Waals surface area contributed by atoms with Gasteiger partial charge in [-0.15, -0.1) is 0 Å². The number of aliphatic hydroxyl groups excluding tert-OH is 1. The van der Waals surface area contributed by atoms with Crippen molar-refractivity contribution in [3.05, 3.63) is 35.9 Å². The molecule has 1 unspecified atom stereocenters. The molecule has 2 N–H and O–H groups in total. The molecule has 21 heavy (non-hydrogen) atoms. The van der Waals surface area contributed by atoms with Gasteiger partial charge in [-0.3, -0.25) is 0 Å². The fourth-order valence-corrected chi connectivity index (χ4v) is 2.52. The van der Waals surface area contributed by atoms with E-state index in [9.17, 15) is 5.26 Å². The molecule has 1 heterocycles. The minimum absolute atomic E-state index is 0.197. The Balaban J connectivity index is 2.18. The molecule has 0 saturated heterocycles. The van der Waals surface area contributed by atoms with Crippen LogP contribution in [-0.2, 0) is 0 Å². The Morgan fingerprint density at radius 1 is 1.33 bits per heavy atom. The lowest BCUT2D eigenvalue weighted by Crippen LogP contribution is -2.17. The van der Waals surface area contributed by atoms with Gasteiger partial charge < -0.3 is 10.4 Å². The Morgan fingerprint density at radius 2 is 2.14 bits per heavy atom. The molecule has 0 aliphatic rings. The zero-order valence-electron chi connectivity index (χ0n) is 12.3. The molecule has 0 radical (unpaired) electrons. The summed E-state index contributed by atoms with van der Waals surface area (Å²) in [6.45, 7) is 3.07. The van der Waals surface area contributed by atoms with Gasteiger partial charge in [-0.25, -0.2) is 4.98 Å². The van der Waals surface area contributed by atoms with Crippen LogP contribution in [0.25, 0.3) is 10.9 Å². The molecule has 0 amide bonds. The second kappa shape index (κ2) is 7.61. The second-order valence-corrected chi connectivity index (χ2v) is 5.24. The number of pyridine rings is 1. The molecular weight excluding hydrogens is 262 g/mol. The molecule has 0 aliphatic heterocycles. The lowest BCUT2D eigenvalue weighted by atomic mass is 10.00. The molecule has 110 valence electrons. The van der Waals surface area contributed by atoms with Crippen LogP contribution in [-0.4, -0.2) is 23.2 Å². The first kappa shape index (κ1) is 15.3. The van der Waals surface area contributed by atoms with E-state index in [1.807, 2.05) is 30.3 Å². The van der Waals surface area contributed by atoms with Crippen molar-refractivity contribution in [1.82, 2.24) is 4.98 Å². The molecule has 2 rings (SSSR count). The summed E-state index contributed by atoms with van der Waals surface area (Å²) in [5.41, 5.74) is 1.45. The average Bonchev–Trinajstić information content (AvgIpc) is 2.52. The maximum Gasteiger partial charge on any atom is 0.144 e. The fraction of sp³-hybridized carbons (Fsp3) is 0.412. The summed E-state index contributed by atoms with van der Waals surface area (Å²) in [5.74, 6) is 1.04. The number of fused-ring (bicyclic) bond motifs is 1. The zero-order chi connectivity index (χ0) is 15.1. The van der Waals surface area contributed by atoms with Gasteiger partial charge in [-0.05, 0) is 30.9 Å². The summed E-state index contributed by atoms with van der Waals surface area (Å²) in [6, 6.07) is 11.9. The summed E-state index contributed by atoms with van der Waals surface area (Å²) in [7, 11) is 0. The number of nitriles is 1. The van der Waals surface area contributed by atoms with Crippen LogP contribution < -0.4 is 5.32 Å². The van der Waals surface area contributed by atoms with Crippen LogP contribution in [0.5, 0.6) is 0 Å². The second-order valence-electron chi connectivity index (χ2n) is 5.24. The monoisotopic (exact) mass is 283 g/mol. The first-order valence-corrected chi connectivity index (χ1v) is 7.43. The minimum Gasteiger partial charge on any atom is -0.396 e. The van der Waals surface area contributed by atoms with E-state index >= 15 is 0 Å². The molecule has 1 atom stereocenters. The average molecular weight is 283 g/mol. The van der Waals surface area contributed by atoms with Crippen molar-refractivity contribution >= 4 is 16.7 Å². The highest BCUT2D eigenvalue weighted by Gasteiger charge is 2.10. The molecule has 0 bridgehead atoms. The van der Waals surface area contributed by atoms with E-state index in [-0.39, 0.29) is 6.61 Å². The number of rotatable bonds is 7. The van der Waals surface area contributed by atoms with Gasteiger partial charge in [-0.2, -0.15) is 5.26 Å². The zero-order valence-corrected chi connectivity index (χ0v) is 12.3. The molecule has 0 aliphatic carbocycles. The summed E-state index contributed by atoms with van der Waals surface area (Å²) < 4.78 is 0. The van der Waals surface area contributed by atoms with Crippen molar-refractivity contribution in [3.8, 4) is 6.07 Å². The maximum atomic E-state index is 9.28. The number of nitrogens with one attached hydrogen (secondary N) is 1. The SMILES string of the molecule is CCCC(CCO)CNc1nc2ccccc2cc1C#N. The Labute approximate surface area is 125 Å². The molecule has 4 heteroatoms. The van der Waals surface area contributed by atoms with Crippen LogP contribution in [0.2, 0.25) is 0 Å². The molecule has 1 aromatic heterocycles. The summed E-state index contributed by atoms with van der Waals surface area (Å²) in [4.78, 5) is 4.54. The Morgan fingerprint density at radius 3 is 2.86 bits per heavy atom. The summed E-state index contributed by atoms with van der Waals surface area (Å²) in [6.07, 6.45) is 2.92. The van der Waals surface area contributed by atoms with Crippen molar-refractivity contribution in [2.45, 2.75) is 26.2 Å². The number of aliphatic hydroxyl groups is 1. The Kier molecular flexibility index (Phi) is 5.53. The van der Waals surface area contributed by atoms with Gasteiger partial charge in [0.05, 0.1) is 11.1 Å². The van der Waals surface area contributed by atoms with Crippen molar-refractivity contribution in [3.63, 3.8) is 0 Å². The maximum absolute atomic E-state index is 9.28. The lowest BCUT2D eigenvalue weighted by molar-refractivity contribution is 0.255. The highest BCUT2D eigenvalue weighted by atomic mass is 16.3. The van der Waals surface area contributed by atoms with E-state index in [2.05, 4.69) is 23.3 Å². The highest BCUT2D eigenvalue weighted by molar-refractivity contribution is 5.82. The third-order valence-electron chi connectivity index (χ3n) is 3.64. The molecule has 0 spiro atoms. The van der Waals surface area contributed by atoms with Gasteiger partial charge in [0.1, 0.15) is 11.9 Å². The van der Waals surface area contributed by atoms with E-state index in [1.165, 1.54) is 0 Å². The van der Waals surface area contributed by atoms with Crippen LogP contribution in [0.1, 0.15) is 31.7 Å². The highest BCUT2D eigenvalue weighted by Crippen LogP contribution is 2.21. The predicted molar refractivity (Wildman–Crippen MR) is 85.0 cm³/mol.